The minimum atomic E-state index is -1.24. The summed E-state index contributed by atoms with van der Waals surface area (Å²) in [5, 5.41) is 23.2. The van der Waals surface area contributed by atoms with E-state index in [1.54, 1.807) is 59.7 Å². The fraction of sp³-hybridized carbons (Fsp3) is 0.562. The molecule has 1 heterocycles. The number of rotatable bonds is 4. The van der Waals surface area contributed by atoms with E-state index in [0.717, 1.165) is 0 Å². The molecule has 23 heavy (non-hydrogen) atoms. The van der Waals surface area contributed by atoms with Gasteiger partial charge in [-0.15, -0.1) is 0 Å². The average molecular weight is 321 g/mol. The van der Waals surface area contributed by atoms with Gasteiger partial charge >= 0.3 is 7.12 Å². The van der Waals surface area contributed by atoms with Crippen molar-refractivity contribution in [3.63, 3.8) is 0 Å². The van der Waals surface area contributed by atoms with Gasteiger partial charge in [0.05, 0.1) is 16.9 Å². The monoisotopic (exact) mass is 321 g/mol. The Morgan fingerprint density at radius 2 is 1.87 bits per heavy atom. The van der Waals surface area contributed by atoms with Gasteiger partial charge in [0.25, 0.3) is 5.91 Å². The van der Waals surface area contributed by atoms with E-state index in [-0.39, 0.29) is 5.91 Å². The third kappa shape index (κ3) is 3.52. The number of hydrogen-bond acceptors (Lipinski definition) is 5. The van der Waals surface area contributed by atoms with Gasteiger partial charge < -0.3 is 24.8 Å². The summed E-state index contributed by atoms with van der Waals surface area (Å²) in [6, 6.07) is 4.95. The van der Waals surface area contributed by atoms with Crippen LogP contribution in [-0.2, 0) is 9.45 Å². The quantitative estimate of drug-likeness (QED) is 0.722. The average Bonchev–Trinajstić information content (AvgIpc) is 2.37. The number of aliphatic hydroxyl groups is 1. The van der Waals surface area contributed by atoms with E-state index in [9.17, 15) is 14.9 Å². The molecule has 0 saturated heterocycles. The highest BCUT2D eigenvalue weighted by atomic mass is 16.5. The van der Waals surface area contributed by atoms with Gasteiger partial charge in [0, 0.05) is 0 Å². The molecule has 2 rings (SSSR count). The molecule has 1 aromatic rings. The normalized spacial score (nSPS) is 17.1. The molecular weight excluding hydrogens is 297 g/mol. The molecule has 126 valence electrons. The van der Waals surface area contributed by atoms with Crippen LogP contribution in [0.1, 0.15) is 41.5 Å². The molecule has 1 aliphatic heterocycles. The number of anilines is 1. The number of hydrogen-bond donors (Lipinski definition) is 3. The second-order valence-corrected chi connectivity index (χ2v) is 7.36. The molecule has 1 amide bonds. The highest BCUT2D eigenvalue weighted by molar-refractivity contribution is 6.60. The summed E-state index contributed by atoms with van der Waals surface area (Å²) < 4.78 is 11.2. The van der Waals surface area contributed by atoms with Gasteiger partial charge in [-0.1, -0.05) is 6.07 Å². The van der Waals surface area contributed by atoms with Crippen molar-refractivity contribution in [3.8, 4) is 5.75 Å². The maximum Gasteiger partial charge on any atom is 0.491 e. The van der Waals surface area contributed by atoms with Gasteiger partial charge in [-0.05, 0) is 59.1 Å². The first-order valence-electron chi connectivity index (χ1n) is 7.56. The topological polar surface area (TPSA) is 88.0 Å². The van der Waals surface area contributed by atoms with Crippen molar-refractivity contribution in [2.75, 3.05) is 5.32 Å². The number of benzene rings is 1. The first-order valence-corrected chi connectivity index (χ1v) is 7.56. The van der Waals surface area contributed by atoms with Crippen molar-refractivity contribution >= 4 is 24.2 Å². The minimum absolute atomic E-state index is 0.255. The first kappa shape index (κ1) is 17.8. The van der Waals surface area contributed by atoms with Gasteiger partial charge in [-0.2, -0.15) is 0 Å². The molecule has 3 N–H and O–H groups in total. The van der Waals surface area contributed by atoms with E-state index in [4.69, 9.17) is 9.39 Å². The summed E-state index contributed by atoms with van der Waals surface area (Å²) in [5.74, 6) is 0.279. The largest absolute Gasteiger partial charge is 0.491 e. The Morgan fingerprint density at radius 3 is 2.43 bits per heavy atom. The van der Waals surface area contributed by atoms with E-state index in [0.29, 0.717) is 16.9 Å². The molecule has 0 aliphatic carbocycles. The Morgan fingerprint density at radius 1 is 1.26 bits per heavy atom. The zero-order chi connectivity index (χ0) is 17.6. The van der Waals surface area contributed by atoms with E-state index in [2.05, 4.69) is 5.32 Å². The maximum atomic E-state index is 12.0. The van der Waals surface area contributed by atoms with Crippen LogP contribution in [0.25, 0.3) is 0 Å². The van der Waals surface area contributed by atoms with E-state index in [1.807, 2.05) is 0 Å². The second kappa shape index (κ2) is 5.51. The molecule has 7 heteroatoms. The van der Waals surface area contributed by atoms with E-state index < -0.39 is 23.9 Å². The summed E-state index contributed by atoms with van der Waals surface area (Å²) in [7, 11) is -1.24. The van der Waals surface area contributed by atoms with Gasteiger partial charge in [0.2, 0.25) is 0 Å². The van der Waals surface area contributed by atoms with Crippen LogP contribution >= 0.6 is 0 Å². The zero-order valence-corrected chi connectivity index (χ0v) is 14.4. The van der Waals surface area contributed by atoms with Crippen molar-refractivity contribution in [2.45, 2.75) is 58.3 Å². The molecule has 0 spiro atoms. The van der Waals surface area contributed by atoms with Crippen molar-refractivity contribution in [1.29, 1.82) is 0 Å². The number of carbonyl (C=O) groups is 1. The molecular formula is C16H24BNO5. The lowest BCUT2D eigenvalue weighted by Gasteiger charge is -2.38. The Labute approximate surface area is 136 Å². The minimum Gasteiger partial charge on any atom is -0.476 e. The van der Waals surface area contributed by atoms with Gasteiger partial charge in [-0.3, -0.25) is 4.79 Å². The third-order valence-electron chi connectivity index (χ3n) is 4.33. The lowest BCUT2D eigenvalue weighted by atomic mass is 9.76. The fourth-order valence-corrected chi connectivity index (χ4v) is 1.97. The maximum absolute atomic E-state index is 12.0. The standard InChI is InChI=1S/C16H24BNO5/c1-14(2)13(19)18-11-9-10(7-8-12(11)22-14)17(21)23-16(5,6)15(3,4)20/h7-9,20-21H,1-6H3,(H,18,19). The molecule has 1 aliphatic rings. The van der Waals surface area contributed by atoms with Crippen LogP contribution in [0.3, 0.4) is 0 Å². The molecule has 0 radical (unpaired) electrons. The Kier molecular flexibility index (Phi) is 4.26. The molecule has 0 saturated carbocycles. The molecule has 0 unspecified atom stereocenters. The Bertz CT molecular complexity index is 621. The Balaban J connectivity index is 2.23. The van der Waals surface area contributed by atoms with Crippen molar-refractivity contribution < 1.29 is 24.3 Å². The lowest BCUT2D eigenvalue weighted by molar-refractivity contribution is -0.129. The Hall–Kier alpha value is -1.57. The van der Waals surface area contributed by atoms with Crippen LogP contribution in [0.2, 0.25) is 0 Å². The smallest absolute Gasteiger partial charge is 0.476 e. The SMILES string of the molecule is CC1(C)Oc2ccc(B(O)OC(C)(C)C(C)(C)O)cc2NC1=O. The van der Waals surface area contributed by atoms with E-state index in [1.165, 1.54) is 0 Å². The number of nitrogens with one attached hydrogen (secondary N) is 1. The highest BCUT2D eigenvalue weighted by Crippen LogP contribution is 2.33. The van der Waals surface area contributed by atoms with E-state index >= 15 is 0 Å². The molecule has 6 nitrogen and oxygen atoms in total. The number of carbonyl (C=O) groups excluding carboxylic acids is 1. The number of fused-ring (bicyclic) bond motifs is 1. The predicted molar refractivity (Wildman–Crippen MR) is 88.8 cm³/mol. The molecule has 0 aromatic heterocycles. The molecule has 1 aromatic carbocycles. The van der Waals surface area contributed by atoms with Crippen LogP contribution in [0, 0.1) is 0 Å². The molecule has 0 atom stereocenters. The summed E-state index contributed by atoms with van der Waals surface area (Å²) >= 11 is 0. The van der Waals surface area contributed by atoms with Gasteiger partial charge in [0.1, 0.15) is 5.75 Å². The summed E-state index contributed by atoms with van der Waals surface area (Å²) in [6.45, 7) is 9.99. The van der Waals surface area contributed by atoms with Crippen LogP contribution in [-0.4, -0.2) is 40.0 Å². The van der Waals surface area contributed by atoms with Crippen molar-refractivity contribution in [1.82, 2.24) is 0 Å². The van der Waals surface area contributed by atoms with Crippen LogP contribution in [0.4, 0.5) is 5.69 Å². The van der Waals surface area contributed by atoms with Crippen LogP contribution in [0.5, 0.6) is 5.75 Å². The van der Waals surface area contributed by atoms with Crippen LogP contribution in [0.15, 0.2) is 18.2 Å². The number of amides is 1. The number of ether oxygens (including phenoxy) is 1. The molecule has 0 bridgehead atoms. The van der Waals surface area contributed by atoms with Crippen molar-refractivity contribution in [3.05, 3.63) is 18.2 Å². The summed E-state index contributed by atoms with van der Waals surface area (Å²) in [4.78, 5) is 12.0. The highest BCUT2D eigenvalue weighted by Gasteiger charge is 2.40. The molecule has 0 fully saturated rings. The van der Waals surface area contributed by atoms with Crippen LogP contribution < -0.4 is 15.5 Å². The lowest BCUT2D eigenvalue weighted by Crippen LogP contribution is -2.53. The van der Waals surface area contributed by atoms with Crippen molar-refractivity contribution in [2.24, 2.45) is 0 Å². The summed E-state index contributed by atoms with van der Waals surface area (Å²) in [5.41, 5.74) is -2.10. The zero-order valence-electron chi connectivity index (χ0n) is 14.4. The second-order valence-electron chi connectivity index (χ2n) is 7.36. The first-order chi connectivity index (χ1) is 10.3. The summed E-state index contributed by atoms with van der Waals surface area (Å²) in [6.07, 6.45) is 0. The third-order valence-corrected chi connectivity index (χ3v) is 4.33. The van der Waals surface area contributed by atoms with Gasteiger partial charge in [0.15, 0.2) is 5.60 Å². The van der Waals surface area contributed by atoms with Gasteiger partial charge in [-0.25, -0.2) is 0 Å². The predicted octanol–water partition coefficient (Wildman–Crippen LogP) is 1.05. The fourth-order valence-electron chi connectivity index (χ4n) is 1.97.